The van der Waals surface area contributed by atoms with Gasteiger partial charge >= 0.3 is 0 Å². The molecule has 2 nitrogen and oxygen atoms in total. The molecule has 0 aliphatic rings. The van der Waals surface area contributed by atoms with E-state index >= 15 is 0 Å². The fourth-order valence-electron chi connectivity index (χ4n) is 1.90. The largest absolute Gasteiger partial charge is 0.466 e. The maximum atomic E-state index is 5.97. The average Bonchev–Trinajstić information content (AvgIpc) is 2.69. The van der Waals surface area contributed by atoms with Crippen LogP contribution < -0.4 is 5.32 Å². The first-order valence-electron chi connectivity index (χ1n) is 5.29. The first-order chi connectivity index (χ1) is 8.13. The van der Waals surface area contributed by atoms with Crippen LogP contribution in [-0.2, 0) is 0 Å². The molecule has 0 saturated heterocycles. The number of hydrogen-bond donors (Lipinski definition) is 1. The third-order valence-corrected chi connectivity index (χ3v) is 3.63. The number of hydrogen-bond acceptors (Lipinski definition) is 2. The van der Waals surface area contributed by atoms with Crippen LogP contribution in [0.3, 0.4) is 0 Å². The first kappa shape index (κ1) is 12.7. The van der Waals surface area contributed by atoms with Crippen LogP contribution >= 0.6 is 27.5 Å². The Bertz CT molecular complexity index is 524. The lowest BCUT2D eigenvalue weighted by molar-refractivity contribution is 0.460. The van der Waals surface area contributed by atoms with Crippen molar-refractivity contribution in [2.24, 2.45) is 0 Å². The molecular weight excluding hydrogens is 302 g/mol. The standard InChI is InChI=1S/C13H13BrClNO/c1-8-7-9(15)3-4-10(8)12(16-2)13-11(14)5-6-17-13/h3-7,12,16H,1-2H3. The van der Waals surface area contributed by atoms with Crippen molar-refractivity contribution in [2.75, 3.05) is 7.05 Å². The molecule has 1 atom stereocenters. The molecule has 1 aromatic heterocycles. The summed E-state index contributed by atoms with van der Waals surface area (Å²) in [6.07, 6.45) is 1.68. The Morgan fingerprint density at radius 1 is 1.35 bits per heavy atom. The molecule has 0 aliphatic carbocycles. The third kappa shape index (κ3) is 2.57. The Kier molecular flexibility index (Phi) is 3.92. The van der Waals surface area contributed by atoms with E-state index in [4.69, 9.17) is 16.0 Å². The monoisotopic (exact) mass is 313 g/mol. The van der Waals surface area contributed by atoms with Gasteiger partial charge in [-0.15, -0.1) is 0 Å². The molecule has 1 unspecified atom stereocenters. The van der Waals surface area contributed by atoms with E-state index in [9.17, 15) is 0 Å². The molecule has 0 bridgehead atoms. The van der Waals surface area contributed by atoms with E-state index in [1.165, 1.54) is 0 Å². The van der Waals surface area contributed by atoms with Gasteiger partial charge in [0.15, 0.2) is 0 Å². The summed E-state index contributed by atoms with van der Waals surface area (Å²) in [5.41, 5.74) is 2.30. The van der Waals surface area contributed by atoms with Gasteiger partial charge in [-0.3, -0.25) is 0 Å². The zero-order valence-electron chi connectivity index (χ0n) is 9.63. The number of rotatable bonds is 3. The zero-order valence-corrected chi connectivity index (χ0v) is 12.0. The summed E-state index contributed by atoms with van der Waals surface area (Å²) in [4.78, 5) is 0. The summed E-state index contributed by atoms with van der Waals surface area (Å²) < 4.78 is 6.48. The summed E-state index contributed by atoms with van der Waals surface area (Å²) in [6, 6.07) is 7.79. The summed E-state index contributed by atoms with van der Waals surface area (Å²) in [5.74, 6) is 0.873. The maximum absolute atomic E-state index is 5.97. The lowest BCUT2D eigenvalue weighted by atomic mass is 9.99. The minimum atomic E-state index is 0.0247. The fraction of sp³-hybridized carbons (Fsp3) is 0.231. The number of aryl methyl sites for hydroxylation is 1. The van der Waals surface area contributed by atoms with E-state index in [0.717, 1.165) is 26.4 Å². The van der Waals surface area contributed by atoms with E-state index in [1.54, 1.807) is 6.26 Å². The SMILES string of the molecule is CNC(c1ccc(Cl)cc1C)c1occc1Br. The Morgan fingerprint density at radius 2 is 2.12 bits per heavy atom. The number of nitrogens with one attached hydrogen (secondary N) is 1. The van der Waals surface area contributed by atoms with Crippen LogP contribution in [0.5, 0.6) is 0 Å². The first-order valence-corrected chi connectivity index (χ1v) is 6.46. The predicted molar refractivity (Wildman–Crippen MR) is 73.5 cm³/mol. The minimum Gasteiger partial charge on any atom is -0.466 e. The lowest BCUT2D eigenvalue weighted by Gasteiger charge is -2.17. The minimum absolute atomic E-state index is 0.0247. The molecule has 0 aliphatic heterocycles. The molecule has 0 spiro atoms. The molecule has 2 rings (SSSR count). The van der Waals surface area contributed by atoms with Gasteiger partial charge in [0.25, 0.3) is 0 Å². The van der Waals surface area contributed by atoms with Gasteiger partial charge in [-0.25, -0.2) is 0 Å². The van der Waals surface area contributed by atoms with Crippen LogP contribution in [0, 0.1) is 6.92 Å². The normalized spacial score (nSPS) is 12.7. The summed E-state index contributed by atoms with van der Waals surface area (Å²) in [7, 11) is 1.91. The highest BCUT2D eigenvalue weighted by atomic mass is 79.9. The van der Waals surface area contributed by atoms with Crippen LogP contribution in [0.1, 0.15) is 22.9 Å². The summed E-state index contributed by atoms with van der Waals surface area (Å²) in [5, 5.41) is 4.00. The van der Waals surface area contributed by atoms with Crippen LogP contribution in [-0.4, -0.2) is 7.05 Å². The molecule has 2 aromatic rings. The van der Waals surface area contributed by atoms with Crippen molar-refractivity contribution in [3.8, 4) is 0 Å². The second-order valence-electron chi connectivity index (χ2n) is 3.86. The highest BCUT2D eigenvalue weighted by molar-refractivity contribution is 9.10. The van der Waals surface area contributed by atoms with Crippen molar-refractivity contribution in [2.45, 2.75) is 13.0 Å². The zero-order chi connectivity index (χ0) is 12.4. The van der Waals surface area contributed by atoms with Crippen LogP contribution in [0.4, 0.5) is 0 Å². The van der Waals surface area contributed by atoms with Gasteiger partial charge in [-0.05, 0) is 59.2 Å². The molecule has 1 N–H and O–H groups in total. The second kappa shape index (κ2) is 5.25. The quantitative estimate of drug-likeness (QED) is 0.913. The predicted octanol–water partition coefficient (Wildman–Crippen LogP) is 4.31. The smallest absolute Gasteiger partial charge is 0.139 e. The Labute approximate surface area is 114 Å². The van der Waals surface area contributed by atoms with Crippen molar-refractivity contribution in [1.29, 1.82) is 0 Å². The lowest BCUT2D eigenvalue weighted by Crippen LogP contribution is -2.18. The van der Waals surface area contributed by atoms with Gasteiger partial charge in [0, 0.05) is 5.02 Å². The number of benzene rings is 1. The van der Waals surface area contributed by atoms with E-state index in [-0.39, 0.29) is 6.04 Å². The Hall–Kier alpha value is -0.770. The van der Waals surface area contributed by atoms with E-state index in [2.05, 4.69) is 21.2 Å². The molecule has 0 radical (unpaired) electrons. The van der Waals surface area contributed by atoms with Crippen LogP contribution in [0.25, 0.3) is 0 Å². The van der Waals surface area contributed by atoms with E-state index in [0.29, 0.717) is 0 Å². The maximum Gasteiger partial charge on any atom is 0.139 e. The van der Waals surface area contributed by atoms with Crippen molar-refractivity contribution < 1.29 is 4.42 Å². The molecule has 0 saturated carbocycles. The van der Waals surface area contributed by atoms with Gasteiger partial charge < -0.3 is 9.73 Å². The topological polar surface area (TPSA) is 25.2 Å². The van der Waals surface area contributed by atoms with Crippen molar-refractivity contribution in [1.82, 2.24) is 5.32 Å². The molecule has 17 heavy (non-hydrogen) atoms. The van der Waals surface area contributed by atoms with Gasteiger partial charge in [0.1, 0.15) is 5.76 Å². The Balaban J connectivity index is 2.46. The summed E-state index contributed by atoms with van der Waals surface area (Å²) >= 11 is 9.45. The molecule has 90 valence electrons. The molecular formula is C13H13BrClNO. The van der Waals surface area contributed by atoms with Crippen molar-refractivity contribution >= 4 is 27.5 Å². The van der Waals surface area contributed by atoms with Gasteiger partial charge in [0.05, 0.1) is 16.8 Å². The van der Waals surface area contributed by atoms with Crippen molar-refractivity contribution in [3.63, 3.8) is 0 Å². The highest BCUT2D eigenvalue weighted by Crippen LogP contribution is 2.31. The number of halogens is 2. The van der Waals surface area contributed by atoms with Crippen molar-refractivity contribution in [3.05, 3.63) is 56.9 Å². The Morgan fingerprint density at radius 3 is 2.65 bits per heavy atom. The number of furan rings is 1. The second-order valence-corrected chi connectivity index (χ2v) is 5.15. The molecule has 0 fully saturated rings. The fourth-order valence-corrected chi connectivity index (χ4v) is 2.56. The average molecular weight is 315 g/mol. The molecule has 1 aromatic carbocycles. The molecule has 4 heteroatoms. The summed E-state index contributed by atoms with van der Waals surface area (Å²) in [6.45, 7) is 2.04. The van der Waals surface area contributed by atoms with Crippen LogP contribution in [0.2, 0.25) is 5.02 Å². The van der Waals surface area contributed by atoms with Crippen LogP contribution in [0.15, 0.2) is 39.4 Å². The molecule has 0 amide bonds. The van der Waals surface area contributed by atoms with Gasteiger partial charge in [-0.2, -0.15) is 0 Å². The van der Waals surface area contributed by atoms with E-state index < -0.39 is 0 Å². The molecule has 1 heterocycles. The third-order valence-electron chi connectivity index (χ3n) is 2.74. The van der Waals surface area contributed by atoms with Gasteiger partial charge in [-0.1, -0.05) is 17.7 Å². The van der Waals surface area contributed by atoms with Gasteiger partial charge in [0.2, 0.25) is 0 Å². The van der Waals surface area contributed by atoms with E-state index in [1.807, 2.05) is 38.2 Å². The highest BCUT2D eigenvalue weighted by Gasteiger charge is 2.19.